The largest absolute Gasteiger partial charge is 0.381 e. The number of fused-ring (bicyclic) bond motifs is 5. The van der Waals surface area contributed by atoms with Crippen LogP contribution in [0.1, 0.15) is 71.6 Å². The summed E-state index contributed by atoms with van der Waals surface area (Å²) in [6.45, 7) is 5.17. The fourth-order valence-electron chi connectivity index (χ4n) is 7.65. The van der Waals surface area contributed by atoms with E-state index < -0.39 is 0 Å². The van der Waals surface area contributed by atoms with Crippen molar-refractivity contribution >= 4 is 0 Å². The highest BCUT2D eigenvalue weighted by Gasteiger charge is 2.59. The number of nitrogens with two attached hydrogens (primary N) is 1. The maximum atomic E-state index is 6.55. The molecule has 4 rings (SSSR count). The SMILES string of the molecule is CO[C@@H]1C[C@H]2[C@@H]3CC[C@H]4C(N)CCC[C@]4(C)[C@H]3CC[C@]2(C)C1. The van der Waals surface area contributed by atoms with Crippen LogP contribution in [0.25, 0.3) is 0 Å². The number of hydrogen-bond donors (Lipinski definition) is 1. The van der Waals surface area contributed by atoms with E-state index in [1.54, 1.807) is 0 Å². The van der Waals surface area contributed by atoms with E-state index in [9.17, 15) is 0 Å². The van der Waals surface area contributed by atoms with E-state index in [0.717, 1.165) is 23.7 Å². The van der Waals surface area contributed by atoms with Gasteiger partial charge in [0.15, 0.2) is 0 Å². The molecule has 2 N–H and O–H groups in total. The van der Waals surface area contributed by atoms with Gasteiger partial charge in [0.2, 0.25) is 0 Å². The third kappa shape index (κ3) is 2.05. The summed E-state index contributed by atoms with van der Waals surface area (Å²) in [4.78, 5) is 0. The second kappa shape index (κ2) is 5.21. The summed E-state index contributed by atoms with van der Waals surface area (Å²) in [5, 5.41) is 0. The first-order valence-corrected chi connectivity index (χ1v) is 9.76. The molecular formula is C20H35NO. The van der Waals surface area contributed by atoms with Gasteiger partial charge in [0.25, 0.3) is 0 Å². The molecule has 0 radical (unpaired) electrons. The topological polar surface area (TPSA) is 35.2 Å². The van der Waals surface area contributed by atoms with Crippen molar-refractivity contribution in [2.24, 2.45) is 40.2 Å². The van der Waals surface area contributed by atoms with Gasteiger partial charge in [0.05, 0.1) is 6.10 Å². The quantitative estimate of drug-likeness (QED) is 0.780. The van der Waals surface area contributed by atoms with Crippen LogP contribution >= 0.6 is 0 Å². The van der Waals surface area contributed by atoms with Crippen molar-refractivity contribution in [1.29, 1.82) is 0 Å². The molecule has 0 aromatic rings. The van der Waals surface area contributed by atoms with Gasteiger partial charge in [-0.1, -0.05) is 20.3 Å². The van der Waals surface area contributed by atoms with Gasteiger partial charge in [0, 0.05) is 13.2 Å². The molecule has 4 aliphatic carbocycles. The highest BCUT2D eigenvalue weighted by atomic mass is 16.5. The lowest BCUT2D eigenvalue weighted by molar-refractivity contribution is -0.108. The fourth-order valence-corrected chi connectivity index (χ4v) is 7.65. The van der Waals surface area contributed by atoms with E-state index in [0.29, 0.717) is 23.0 Å². The van der Waals surface area contributed by atoms with E-state index in [1.807, 2.05) is 7.11 Å². The predicted molar refractivity (Wildman–Crippen MR) is 90.5 cm³/mol. The number of rotatable bonds is 1. The van der Waals surface area contributed by atoms with Gasteiger partial charge in [0.1, 0.15) is 0 Å². The van der Waals surface area contributed by atoms with Crippen LogP contribution in [-0.2, 0) is 4.74 Å². The monoisotopic (exact) mass is 305 g/mol. The van der Waals surface area contributed by atoms with Crippen molar-refractivity contribution in [1.82, 2.24) is 0 Å². The molecule has 22 heavy (non-hydrogen) atoms. The first-order valence-electron chi connectivity index (χ1n) is 9.76. The summed E-state index contributed by atoms with van der Waals surface area (Å²) in [6, 6.07) is 0.475. The third-order valence-electron chi connectivity index (χ3n) is 8.77. The summed E-state index contributed by atoms with van der Waals surface area (Å²) in [5.74, 6) is 3.59. The molecule has 0 aromatic heterocycles. The molecule has 1 unspecified atom stereocenters. The first kappa shape index (κ1) is 15.4. The minimum absolute atomic E-state index is 0.475. The van der Waals surface area contributed by atoms with Crippen LogP contribution in [0.4, 0.5) is 0 Å². The van der Waals surface area contributed by atoms with Gasteiger partial charge >= 0.3 is 0 Å². The molecule has 126 valence electrons. The summed E-state index contributed by atoms with van der Waals surface area (Å²) in [6.07, 6.45) is 12.9. The molecule has 4 saturated carbocycles. The Morgan fingerprint density at radius 3 is 2.55 bits per heavy atom. The van der Waals surface area contributed by atoms with Crippen LogP contribution in [-0.4, -0.2) is 19.3 Å². The zero-order valence-electron chi connectivity index (χ0n) is 14.8. The molecule has 0 spiro atoms. The summed E-state index contributed by atoms with van der Waals surface area (Å²) < 4.78 is 5.78. The van der Waals surface area contributed by atoms with Crippen molar-refractivity contribution in [2.75, 3.05) is 7.11 Å². The van der Waals surface area contributed by atoms with Gasteiger partial charge in [-0.2, -0.15) is 0 Å². The maximum Gasteiger partial charge on any atom is 0.0579 e. The smallest absolute Gasteiger partial charge is 0.0579 e. The molecule has 0 bridgehead atoms. The van der Waals surface area contributed by atoms with Crippen LogP contribution in [0.2, 0.25) is 0 Å². The van der Waals surface area contributed by atoms with Gasteiger partial charge in [-0.15, -0.1) is 0 Å². The maximum absolute atomic E-state index is 6.55. The van der Waals surface area contributed by atoms with E-state index in [4.69, 9.17) is 10.5 Å². The van der Waals surface area contributed by atoms with Crippen molar-refractivity contribution in [3.05, 3.63) is 0 Å². The van der Waals surface area contributed by atoms with E-state index in [2.05, 4.69) is 13.8 Å². The van der Waals surface area contributed by atoms with Gasteiger partial charge in [-0.05, 0) is 85.9 Å². The molecule has 2 nitrogen and oxygen atoms in total. The molecule has 0 saturated heterocycles. The standard InChI is InChI=1S/C20H35NO/c1-19-10-8-15-14(17(19)11-13(12-19)22-3)6-7-16-18(21)5-4-9-20(15,16)2/h13-18H,4-12,21H2,1-3H3/t13-,14-,15+,16+,17+,18?,19-,20-/m1/s1. The summed E-state index contributed by atoms with van der Waals surface area (Å²) in [5.41, 5.74) is 7.64. The average Bonchev–Trinajstić information content (AvgIpc) is 2.84. The lowest BCUT2D eigenvalue weighted by Crippen LogP contribution is -2.56. The van der Waals surface area contributed by atoms with Crippen molar-refractivity contribution < 1.29 is 4.74 Å². The van der Waals surface area contributed by atoms with Crippen LogP contribution in [0.5, 0.6) is 0 Å². The second-order valence-corrected chi connectivity index (χ2v) is 9.61. The van der Waals surface area contributed by atoms with E-state index in [1.165, 1.54) is 57.8 Å². The Labute approximate surface area is 136 Å². The lowest BCUT2D eigenvalue weighted by Gasteiger charge is -2.61. The second-order valence-electron chi connectivity index (χ2n) is 9.61. The zero-order valence-corrected chi connectivity index (χ0v) is 14.8. The molecule has 4 fully saturated rings. The minimum Gasteiger partial charge on any atom is -0.381 e. The summed E-state index contributed by atoms with van der Waals surface area (Å²) in [7, 11) is 1.92. The Kier molecular flexibility index (Phi) is 3.66. The Balaban J connectivity index is 1.62. The average molecular weight is 306 g/mol. The van der Waals surface area contributed by atoms with Crippen molar-refractivity contribution in [3.8, 4) is 0 Å². The van der Waals surface area contributed by atoms with Gasteiger partial charge < -0.3 is 10.5 Å². The fraction of sp³-hybridized carbons (Fsp3) is 1.00. The molecular weight excluding hydrogens is 270 g/mol. The Morgan fingerprint density at radius 1 is 0.955 bits per heavy atom. The van der Waals surface area contributed by atoms with Crippen LogP contribution in [0.15, 0.2) is 0 Å². The predicted octanol–water partition coefficient (Wildman–Crippen LogP) is 4.37. The first-order chi connectivity index (χ1) is 10.5. The van der Waals surface area contributed by atoms with E-state index >= 15 is 0 Å². The Morgan fingerprint density at radius 2 is 1.77 bits per heavy atom. The highest BCUT2D eigenvalue weighted by Crippen LogP contribution is 2.66. The van der Waals surface area contributed by atoms with Crippen LogP contribution < -0.4 is 5.73 Å². The minimum atomic E-state index is 0.475. The van der Waals surface area contributed by atoms with E-state index in [-0.39, 0.29) is 0 Å². The highest BCUT2D eigenvalue weighted by molar-refractivity contribution is 5.09. The zero-order chi connectivity index (χ0) is 15.5. The molecule has 2 heteroatoms. The van der Waals surface area contributed by atoms with Crippen molar-refractivity contribution in [2.45, 2.75) is 83.8 Å². The van der Waals surface area contributed by atoms with Gasteiger partial charge in [-0.3, -0.25) is 0 Å². The molecule has 4 aliphatic rings. The third-order valence-corrected chi connectivity index (χ3v) is 8.77. The normalized spacial score (nSPS) is 57.8. The Hall–Kier alpha value is -0.0800. The summed E-state index contributed by atoms with van der Waals surface area (Å²) >= 11 is 0. The molecule has 0 aliphatic heterocycles. The van der Waals surface area contributed by atoms with Crippen LogP contribution in [0, 0.1) is 34.5 Å². The number of ether oxygens (including phenoxy) is 1. The molecule has 0 amide bonds. The Bertz CT molecular complexity index is 437. The number of methoxy groups -OCH3 is 1. The lowest BCUT2D eigenvalue weighted by atomic mass is 9.45. The molecule has 0 aromatic carbocycles. The number of hydrogen-bond acceptors (Lipinski definition) is 2. The van der Waals surface area contributed by atoms with Crippen LogP contribution in [0.3, 0.4) is 0 Å². The molecule has 0 heterocycles. The van der Waals surface area contributed by atoms with Crippen molar-refractivity contribution in [3.63, 3.8) is 0 Å². The molecule has 8 atom stereocenters. The van der Waals surface area contributed by atoms with Gasteiger partial charge in [-0.25, -0.2) is 0 Å².